The highest BCUT2D eigenvalue weighted by molar-refractivity contribution is 7.92. The van der Waals surface area contributed by atoms with E-state index < -0.39 is 10.0 Å². The summed E-state index contributed by atoms with van der Waals surface area (Å²) in [5.41, 5.74) is 0.804. The van der Waals surface area contributed by atoms with Crippen LogP contribution in [-0.2, 0) is 10.0 Å². The normalized spacial score (nSPS) is 12.4. The molecule has 0 aliphatic heterocycles. The molecule has 5 nitrogen and oxygen atoms in total. The summed E-state index contributed by atoms with van der Waals surface area (Å²) in [7, 11) is -3.74. The summed E-state index contributed by atoms with van der Waals surface area (Å²) in [6.45, 7) is 3.98. The van der Waals surface area contributed by atoms with Crippen molar-refractivity contribution < 1.29 is 13.2 Å². The largest absolute Gasteiger partial charge is 0.350 e. The maximum atomic E-state index is 12.5. The highest BCUT2D eigenvalue weighted by atomic mass is 32.2. The second kappa shape index (κ2) is 7.97. The molecule has 6 heteroatoms. The molecule has 0 fully saturated rings. The Morgan fingerprint density at radius 3 is 2.46 bits per heavy atom. The van der Waals surface area contributed by atoms with Gasteiger partial charge in [0.25, 0.3) is 15.9 Å². The summed E-state index contributed by atoms with van der Waals surface area (Å²) in [6, 6.07) is 14.7. The average molecular weight is 346 g/mol. The third kappa shape index (κ3) is 4.83. The number of rotatable bonds is 7. The molecule has 0 spiro atoms. The van der Waals surface area contributed by atoms with Crippen LogP contribution in [0.3, 0.4) is 0 Å². The van der Waals surface area contributed by atoms with Crippen molar-refractivity contribution in [1.82, 2.24) is 5.32 Å². The fraction of sp³-hybridized carbons (Fsp3) is 0.278. The van der Waals surface area contributed by atoms with Gasteiger partial charge in [-0.1, -0.05) is 37.6 Å². The van der Waals surface area contributed by atoms with E-state index in [2.05, 4.69) is 10.0 Å². The van der Waals surface area contributed by atoms with Crippen LogP contribution in [0.15, 0.2) is 59.5 Å². The third-order valence-electron chi connectivity index (χ3n) is 3.53. The Labute approximate surface area is 143 Å². The Kier molecular flexibility index (Phi) is 5.98. The molecule has 0 bridgehead atoms. The molecular weight excluding hydrogens is 324 g/mol. The quantitative estimate of drug-likeness (QED) is 0.807. The minimum absolute atomic E-state index is 0.0465. The van der Waals surface area contributed by atoms with E-state index in [1.54, 1.807) is 42.5 Å². The molecule has 0 heterocycles. The minimum atomic E-state index is -3.74. The van der Waals surface area contributed by atoms with E-state index in [-0.39, 0.29) is 16.8 Å². The van der Waals surface area contributed by atoms with Gasteiger partial charge in [0.05, 0.1) is 4.90 Å². The monoisotopic (exact) mass is 346 g/mol. The fourth-order valence-electron chi connectivity index (χ4n) is 2.34. The van der Waals surface area contributed by atoms with Gasteiger partial charge < -0.3 is 5.32 Å². The molecule has 2 rings (SSSR count). The molecule has 1 atom stereocenters. The number of benzene rings is 2. The van der Waals surface area contributed by atoms with E-state index in [1.807, 2.05) is 13.8 Å². The fourth-order valence-corrected chi connectivity index (χ4v) is 3.44. The van der Waals surface area contributed by atoms with Gasteiger partial charge in [-0.25, -0.2) is 8.42 Å². The number of anilines is 1. The van der Waals surface area contributed by atoms with Crippen LogP contribution in [0.1, 0.15) is 37.0 Å². The van der Waals surface area contributed by atoms with Crippen molar-refractivity contribution in [3.05, 3.63) is 60.2 Å². The first kappa shape index (κ1) is 18.0. The molecule has 0 unspecified atom stereocenters. The summed E-state index contributed by atoms with van der Waals surface area (Å²) < 4.78 is 27.4. The van der Waals surface area contributed by atoms with E-state index in [1.165, 1.54) is 12.1 Å². The minimum Gasteiger partial charge on any atom is -0.350 e. The average Bonchev–Trinajstić information content (AvgIpc) is 2.55. The summed E-state index contributed by atoms with van der Waals surface area (Å²) in [5, 5.41) is 2.87. The van der Waals surface area contributed by atoms with Gasteiger partial charge in [-0.3, -0.25) is 9.52 Å². The van der Waals surface area contributed by atoms with Crippen molar-refractivity contribution in [1.29, 1.82) is 0 Å². The zero-order valence-corrected chi connectivity index (χ0v) is 14.6. The zero-order chi connectivity index (χ0) is 17.6. The number of amides is 1. The third-order valence-corrected chi connectivity index (χ3v) is 4.91. The maximum Gasteiger partial charge on any atom is 0.261 e. The van der Waals surface area contributed by atoms with Crippen molar-refractivity contribution >= 4 is 21.6 Å². The molecule has 2 aromatic carbocycles. The Balaban J connectivity index is 2.18. The molecule has 2 aromatic rings. The van der Waals surface area contributed by atoms with Crippen LogP contribution in [0.4, 0.5) is 5.69 Å². The number of carbonyl (C=O) groups excluding carboxylic acids is 1. The van der Waals surface area contributed by atoms with Gasteiger partial charge in [0.15, 0.2) is 0 Å². The summed E-state index contributed by atoms with van der Waals surface area (Å²) >= 11 is 0. The lowest BCUT2D eigenvalue weighted by atomic mass is 10.1. The van der Waals surface area contributed by atoms with Crippen molar-refractivity contribution in [2.75, 3.05) is 4.72 Å². The highest BCUT2D eigenvalue weighted by Gasteiger charge is 2.17. The predicted octanol–water partition coefficient (Wildman–Crippen LogP) is 3.41. The number of carbonyl (C=O) groups is 1. The van der Waals surface area contributed by atoms with Crippen LogP contribution in [-0.4, -0.2) is 20.4 Å². The molecule has 24 heavy (non-hydrogen) atoms. The first-order chi connectivity index (χ1) is 11.4. The first-order valence-corrected chi connectivity index (χ1v) is 9.39. The molecule has 1 amide bonds. The number of hydrogen-bond donors (Lipinski definition) is 2. The molecule has 0 radical (unpaired) electrons. The van der Waals surface area contributed by atoms with Crippen LogP contribution in [0.5, 0.6) is 0 Å². The van der Waals surface area contributed by atoms with Gasteiger partial charge in [-0.2, -0.15) is 0 Å². The predicted molar refractivity (Wildman–Crippen MR) is 95.5 cm³/mol. The van der Waals surface area contributed by atoms with E-state index in [0.29, 0.717) is 11.3 Å². The van der Waals surface area contributed by atoms with E-state index >= 15 is 0 Å². The van der Waals surface area contributed by atoms with Crippen LogP contribution >= 0.6 is 0 Å². The lowest BCUT2D eigenvalue weighted by Gasteiger charge is -2.13. The van der Waals surface area contributed by atoms with Crippen LogP contribution in [0, 0.1) is 0 Å². The molecule has 0 saturated heterocycles. The highest BCUT2D eigenvalue weighted by Crippen LogP contribution is 2.17. The van der Waals surface area contributed by atoms with E-state index in [9.17, 15) is 13.2 Å². The van der Waals surface area contributed by atoms with Crippen LogP contribution < -0.4 is 10.0 Å². The lowest BCUT2D eigenvalue weighted by molar-refractivity contribution is 0.0938. The van der Waals surface area contributed by atoms with Gasteiger partial charge in [0, 0.05) is 17.3 Å². The molecule has 0 aromatic heterocycles. The molecule has 128 valence electrons. The summed E-state index contributed by atoms with van der Waals surface area (Å²) in [5.74, 6) is -0.271. The Hall–Kier alpha value is -2.34. The van der Waals surface area contributed by atoms with Gasteiger partial charge in [-0.05, 0) is 43.7 Å². The molecule has 0 aliphatic rings. The lowest BCUT2D eigenvalue weighted by Crippen LogP contribution is -2.32. The van der Waals surface area contributed by atoms with Crippen molar-refractivity contribution in [3.63, 3.8) is 0 Å². The first-order valence-electron chi connectivity index (χ1n) is 7.91. The van der Waals surface area contributed by atoms with Crippen molar-refractivity contribution in [3.8, 4) is 0 Å². The number of para-hydroxylation sites is 1. The maximum absolute atomic E-state index is 12.5. The van der Waals surface area contributed by atoms with Gasteiger partial charge in [-0.15, -0.1) is 0 Å². The Morgan fingerprint density at radius 1 is 1.08 bits per heavy atom. The van der Waals surface area contributed by atoms with E-state index in [4.69, 9.17) is 0 Å². The van der Waals surface area contributed by atoms with Crippen LogP contribution in [0.25, 0.3) is 0 Å². The summed E-state index contributed by atoms with van der Waals surface area (Å²) in [4.78, 5) is 12.3. The number of sulfonamides is 1. The molecule has 2 N–H and O–H groups in total. The Morgan fingerprint density at radius 2 is 1.79 bits per heavy atom. The second-order valence-corrected chi connectivity index (χ2v) is 7.34. The molecular formula is C18H22N2O3S. The van der Waals surface area contributed by atoms with Gasteiger partial charge in [0.1, 0.15) is 0 Å². The number of nitrogens with one attached hydrogen (secondary N) is 2. The standard InChI is InChI=1S/C18H22N2O3S/c1-3-8-14(2)19-18(21)15-9-7-12-17(13-15)24(22,23)20-16-10-5-4-6-11-16/h4-7,9-14,20H,3,8H2,1-2H3,(H,19,21)/t14-/m0/s1. The van der Waals surface area contributed by atoms with Gasteiger partial charge in [0.2, 0.25) is 0 Å². The second-order valence-electron chi connectivity index (χ2n) is 5.66. The zero-order valence-electron chi connectivity index (χ0n) is 13.8. The van der Waals surface area contributed by atoms with Crippen LogP contribution in [0.2, 0.25) is 0 Å². The van der Waals surface area contributed by atoms with Gasteiger partial charge >= 0.3 is 0 Å². The Bertz CT molecular complexity index is 789. The molecule has 0 saturated carbocycles. The van der Waals surface area contributed by atoms with E-state index in [0.717, 1.165) is 12.8 Å². The smallest absolute Gasteiger partial charge is 0.261 e. The SMILES string of the molecule is CCC[C@H](C)NC(=O)c1cccc(S(=O)(=O)Nc2ccccc2)c1. The van der Waals surface area contributed by atoms with Crippen molar-refractivity contribution in [2.45, 2.75) is 37.6 Å². The topological polar surface area (TPSA) is 75.3 Å². The summed E-state index contributed by atoms with van der Waals surface area (Å²) in [6.07, 6.45) is 1.84. The number of hydrogen-bond acceptors (Lipinski definition) is 3. The molecule has 0 aliphatic carbocycles. The van der Waals surface area contributed by atoms with Crippen molar-refractivity contribution in [2.24, 2.45) is 0 Å².